The van der Waals surface area contributed by atoms with Gasteiger partial charge in [-0.3, -0.25) is 10.1 Å². The first kappa shape index (κ1) is 19.1. The summed E-state index contributed by atoms with van der Waals surface area (Å²) in [6.07, 6.45) is -0.127. The first-order chi connectivity index (χ1) is 13.1. The molecule has 1 aromatic heterocycles. The molecule has 2 aromatic carbocycles. The molecule has 1 N–H and O–H groups in total. The number of nitrogens with zero attached hydrogens (tertiary/aromatic N) is 2. The Morgan fingerprint density at radius 3 is 2.41 bits per heavy atom. The molecule has 0 aliphatic heterocycles. The number of nitrogens with one attached hydrogen (secondary N) is 1. The van der Waals surface area contributed by atoms with Crippen LogP contribution >= 0.6 is 22.9 Å². The van der Waals surface area contributed by atoms with Crippen molar-refractivity contribution in [2.75, 3.05) is 12.4 Å². The minimum Gasteiger partial charge on any atom is -0.497 e. The van der Waals surface area contributed by atoms with E-state index in [1.54, 1.807) is 31.4 Å². The average molecular weight is 404 g/mol. The molecule has 3 rings (SSSR count). The van der Waals surface area contributed by atoms with Crippen molar-refractivity contribution in [3.8, 4) is 22.1 Å². The van der Waals surface area contributed by atoms with Crippen molar-refractivity contribution >= 4 is 34.0 Å². The predicted octanol–water partition coefficient (Wildman–Crippen LogP) is 4.66. The monoisotopic (exact) mass is 403 g/mol. The van der Waals surface area contributed by atoms with Gasteiger partial charge in [-0.2, -0.15) is 0 Å². The number of halogens is 1. The highest BCUT2D eigenvalue weighted by Crippen LogP contribution is 2.28. The number of amides is 1. The van der Waals surface area contributed by atoms with Crippen LogP contribution in [0.25, 0.3) is 10.6 Å². The fourth-order valence-corrected chi connectivity index (χ4v) is 3.19. The number of carbonyl (C=O) groups excluding carboxylic acids is 1. The van der Waals surface area contributed by atoms with Crippen molar-refractivity contribution in [1.82, 2.24) is 10.2 Å². The molecule has 0 aliphatic rings. The summed E-state index contributed by atoms with van der Waals surface area (Å²) in [5.41, 5.74) is 0.901. The number of rotatable bonds is 7. The van der Waals surface area contributed by atoms with Crippen LogP contribution in [0.1, 0.15) is 13.3 Å². The van der Waals surface area contributed by atoms with Crippen LogP contribution in [0.15, 0.2) is 48.5 Å². The fraction of sp³-hybridized carbons (Fsp3) is 0.211. The van der Waals surface area contributed by atoms with Crippen LogP contribution < -0.4 is 14.8 Å². The summed E-state index contributed by atoms with van der Waals surface area (Å²) in [5, 5.41) is 12.7. The van der Waals surface area contributed by atoms with Gasteiger partial charge in [-0.25, -0.2) is 0 Å². The lowest BCUT2D eigenvalue weighted by Gasteiger charge is -2.16. The van der Waals surface area contributed by atoms with E-state index in [1.807, 2.05) is 31.2 Å². The highest BCUT2D eigenvalue weighted by Gasteiger charge is 2.20. The van der Waals surface area contributed by atoms with Gasteiger partial charge in [0, 0.05) is 10.6 Å². The van der Waals surface area contributed by atoms with Gasteiger partial charge in [0.25, 0.3) is 5.91 Å². The molecule has 0 fully saturated rings. The lowest BCUT2D eigenvalue weighted by Crippen LogP contribution is -2.32. The third kappa shape index (κ3) is 4.96. The Labute approximate surface area is 166 Å². The van der Waals surface area contributed by atoms with Crippen molar-refractivity contribution in [3.63, 3.8) is 0 Å². The highest BCUT2D eigenvalue weighted by atomic mass is 35.5. The Hall–Kier alpha value is -2.64. The molecule has 140 valence electrons. The molecular weight excluding hydrogens is 386 g/mol. The standard InChI is InChI=1S/C19H18ClN3O3S/c1-3-16(26-15-10-6-13(20)7-11-15)17(24)21-19-23-22-18(27-19)12-4-8-14(25-2)9-5-12/h4-11,16H,3H2,1-2H3,(H,21,23,24)/t16-/m1/s1. The van der Waals surface area contributed by atoms with E-state index in [4.69, 9.17) is 21.1 Å². The van der Waals surface area contributed by atoms with Gasteiger partial charge in [0.15, 0.2) is 6.10 Å². The maximum atomic E-state index is 12.5. The molecule has 8 heteroatoms. The van der Waals surface area contributed by atoms with E-state index in [0.29, 0.717) is 27.3 Å². The Kier molecular flexibility index (Phi) is 6.26. The molecule has 0 radical (unpaired) electrons. The van der Waals surface area contributed by atoms with Gasteiger partial charge >= 0.3 is 0 Å². The predicted molar refractivity (Wildman–Crippen MR) is 107 cm³/mol. The molecule has 0 saturated carbocycles. The quantitative estimate of drug-likeness (QED) is 0.620. The summed E-state index contributed by atoms with van der Waals surface area (Å²) < 4.78 is 10.9. The van der Waals surface area contributed by atoms with Crippen molar-refractivity contribution in [2.24, 2.45) is 0 Å². The zero-order valence-corrected chi connectivity index (χ0v) is 16.4. The van der Waals surface area contributed by atoms with Crippen LogP contribution in [0.5, 0.6) is 11.5 Å². The Morgan fingerprint density at radius 2 is 1.78 bits per heavy atom. The average Bonchev–Trinajstić information content (AvgIpc) is 3.16. The van der Waals surface area contributed by atoms with Gasteiger partial charge in [-0.15, -0.1) is 10.2 Å². The number of carbonyl (C=O) groups is 1. The number of aromatic nitrogens is 2. The Balaban J connectivity index is 1.65. The second kappa shape index (κ2) is 8.83. The number of hydrogen-bond acceptors (Lipinski definition) is 6. The summed E-state index contributed by atoms with van der Waals surface area (Å²) in [7, 11) is 1.61. The Bertz CT molecular complexity index is 897. The molecule has 0 unspecified atom stereocenters. The van der Waals surface area contributed by atoms with Crippen molar-refractivity contribution < 1.29 is 14.3 Å². The minimum atomic E-state index is -0.639. The van der Waals surface area contributed by atoms with Crippen molar-refractivity contribution in [2.45, 2.75) is 19.4 Å². The molecule has 1 atom stereocenters. The third-order valence-corrected chi connectivity index (χ3v) is 4.89. The molecule has 27 heavy (non-hydrogen) atoms. The summed E-state index contributed by atoms with van der Waals surface area (Å²) in [6.45, 7) is 1.88. The molecule has 0 spiro atoms. The number of benzene rings is 2. The molecule has 0 saturated heterocycles. The van der Waals surface area contributed by atoms with Crippen LogP contribution in [-0.4, -0.2) is 29.3 Å². The van der Waals surface area contributed by atoms with Crippen LogP contribution in [0, 0.1) is 0 Å². The topological polar surface area (TPSA) is 73.3 Å². The van der Waals surface area contributed by atoms with Gasteiger partial charge in [-0.1, -0.05) is 29.9 Å². The van der Waals surface area contributed by atoms with Gasteiger partial charge < -0.3 is 9.47 Å². The number of ether oxygens (including phenoxy) is 2. The minimum absolute atomic E-state index is 0.273. The van der Waals surface area contributed by atoms with Gasteiger partial charge in [-0.05, 0) is 55.0 Å². The maximum Gasteiger partial charge on any atom is 0.267 e. The SMILES string of the molecule is CC[C@@H](Oc1ccc(Cl)cc1)C(=O)Nc1nnc(-c2ccc(OC)cc2)s1. The van der Waals surface area contributed by atoms with Crippen LogP contribution in [0.3, 0.4) is 0 Å². The lowest BCUT2D eigenvalue weighted by molar-refractivity contribution is -0.122. The molecule has 1 amide bonds. The second-order valence-electron chi connectivity index (χ2n) is 5.60. The first-order valence-corrected chi connectivity index (χ1v) is 9.49. The Morgan fingerprint density at radius 1 is 1.11 bits per heavy atom. The number of methoxy groups -OCH3 is 1. The summed E-state index contributed by atoms with van der Waals surface area (Å²) >= 11 is 7.16. The normalized spacial score (nSPS) is 11.7. The zero-order chi connectivity index (χ0) is 19.2. The van der Waals surface area contributed by atoms with Crippen molar-refractivity contribution in [1.29, 1.82) is 0 Å². The zero-order valence-electron chi connectivity index (χ0n) is 14.8. The number of hydrogen-bond donors (Lipinski definition) is 1. The molecule has 0 aliphatic carbocycles. The molecule has 3 aromatic rings. The highest BCUT2D eigenvalue weighted by molar-refractivity contribution is 7.18. The van der Waals surface area contributed by atoms with Crippen molar-refractivity contribution in [3.05, 3.63) is 53.6 Å². The molecular formula is C19H18ClN3O3S. The third-order valence-electron chi connectivity index (χ3n) is 3.75. The van der Waals surface area contributed by atoms with Gasteiger partial charge in [0.1, 0.15) is 16.5 Å². The summed E-state index contributed by atoms with van der Waals surface area (Å²) in [6, 6.07) is 14.4. The number of anilines is 1. The van der Waals surface area contributed by atoms with Crippen LogP contribution in [-0.2, 0) is 4.79 Å². The fourth-order valence-electron chi connectivity index (χ4n) is 2.31. The van der Waals surface area contributed by atoms with Gasteiger partial charge in [0.05, 0.1) is 7.11 Å². The molecule has 6 nitrogen and oxygen atoms in total. The summed E-state index contributed by atoms with van der Waals surface area (Å²) in [5.74, 6) is 1.07. The van der Waals surface area contributed by atoms with E-state index < -0.39 is 6.10 Å². The maximum absolute atomic E-state index is 12.5. The smallest absolute Gasteiger partial charge is 0.267 e. The van der Waals surface area contributed by atoms with E-state index in [-0.39, 0.29) is 5.91 Å². The summed E-state index contributed by atoms with van der Waals surface area (Å²) in [4.78, 5) is 12.5. The van der Waals surface area contributed by atoms with E-state index in [9.17, 15) is 4.79 Å². The van der Waals surface area contributed by atoms with Gasteiger partial charge in [0.2, 0.25) is 5.13 Å². The van der Waals surface area contributed by atoms with E-state index >= 15 is 0 Å². The largest absolute Gasteiger partial charge is 0.497 e. The second-order valence-corrected chi connectivity index (χ2v) is 7.01. The first-order valence-electron chi connectivity index (χ1n) is 8.30. The lowest BCUT2D eigenvalue weighted by atomic mass is 10.2. The van der Waals surface area contributed by atoms with E-state index in [2.05, 4.69) is 15.5 Å². The van der Waals surface area contributed by atoms with E-state index in [0.717, 1.165) is 11.3 Å². The van der Waals surface area contributed by atoms with Crippen LogP contribution in [0.2, 0.25) is 5.02 Å². The molecule has 1 heterocycles. The molecule has 0 bridgehead atoms. The van der Waals surface area contributed by atoms with Crippen LogP contribution in [0.4, 0.5) is 5.13 Å². The van der Waals surface area contributed by atoms with E-state index in [1.165, 1.54) is 11.3 Å².